The Labute approximate surface area is 208 Å². The van der Waals surface area contributed by atoms with Gasteiger partial charge in [-0.3, -0.25) is 9.59 Å². The van der Waals surface area contributed by atoms with Crippen molar-refractivity contribution in [3.8, 4) is 11.3 Å². The number of nitrogens with one attached hydrogen (secondary N) is 1. The molecule has 0 saturated carbocycles. The van der Waals surface area contributed by atoms with Gasteiger partial charge >= 0.3 is 0 Å². The number of rotatable bonds is 8. The SMILES string of the molecule is NC(=O)C(Cc1ccccc1)NC(=O)c1cc(-c2ccccc2)nc2c1cnn2Cc1ccccc1. The summed E-state index contributed by atoms with van der Waals surface area (Å²) in [4.78, 5) is 30.6. The van der Waals surface area contributed by atoms with Crippen molar-refractivity contribution < 1.29 is 9.59 Å². The maximum atomic E-state index is 13.5. The molecule has 0 aliphatic carbocycles. The van der Waals surface area contributed by atoms with Crippen LogP contribution in [0, 0.1) is 0 Å². The van der Waals surface area contributed by atoms with E-state index in [0.29, 0.717) is 35.3 Å². The molecule has 2 amide bonds. The Bertz CT molecular complexity index is 1500. The van der Waals surface area contributed by atoms with Crippen LogP contribution in [0.2, 0.25) is 0 Å². The minimum atomic E-state index is -0.859. The number of carbonyl (C=O) groups excluding carboxylic acids is 2. The van der Waals surface area contributed by atoms with Crippen LogP contribution in [-0.4, -0.2) is 32.6 Å². The van der Waals surface area contributed by atoms with Crippen molar-refractivity contribution in [2.45, 2.75) is 19.0 Å². The topological polar surface area (TPSA) is 103 Å². The molecule has 0 radical (unpaired) electrons. The fourth-order valence-corrected chi connectivity index (χ4v) is 4.17. The minimum Gasteiger partial charge on any atom is -0.368 e. The maximum Gasteiger partial charge on any atom is 0.252 e. The second kappa shape index (κ2) is 10.2. The molecule has 36 heavy (non-hydrogen) atoms. The van der Waals surface area contributed by atoms with Gasteiger partial charge in [-0.05, 0) is 17.2 Å². The molecule has 2 heterocycles. The summed E-state index contributed by atoms with van der Waals surface area (Å²) < 4.78 is 1.78. The molecule has 0 aliphatic heterocycles. The Morgan fingerprint density at radius 1 is 0.861 bits per heavy atom. The van der Waals surface area contributed by atoms with Crippen LogP contribution in [-0.2, 0) is 17.8 Å². The number of carbonyl (C=O) groups is 2. The number of nitrogens with two attached hydrogens (primary N) is 1. The average Bonchev–Trinajstić information content (AvgIpc) is 3.31. The van der Waals surface area contributed by atoms with Crippen molar-refractivity contribution in [1.29, 1.82) is 0 Å². The molecule has 0 fully saturated rings. The van der Waals surface area contributed by atoms with Gasteiger partial charge in [-0.1, -0.05) is 91.0 Å². The maximum absolute atomic E-state index is 13.5. The van der Waals surface area contributed by atoms with Crippen LogP contribution < -0.4 is 11.1 Å². The van der Waals surface area contributed by atoms with Gasteiger partial charge in [0.1, 0.15) is 6.04 Å². The van der Waals surface area contributed by atoms with Gasteiger partial charge in [-0.25, -0.2) is 9.67 Å². The molecule has 0 aliphatic rings. The number of primary amides is 1. The van der Waals surface area contributed by atoms with E-state index in [-0.39, 0.29) is 0 Å². The highest BCUT2D eigenvalue weighted by atomic mass is 16.2. The number of fused-ring (bicyclic) bond motifs is 1. The van der Waals surface area contributed by atoms with Crippen LogP contribution >= 0.6 is 0 Å². The molecular formula is C29H25N5O2. The highest BCUT2D eigenvalue weighted by molar-refractivity contribution is 6.07. The highest BCUT2D eigenvalue weighted by Crippen LogP contribution is 2.25. The van der Waals surface area contributed by atoms with Crippen LogP contribution in [0.4, 0.5) is 0 Å². The zero-order chi connectivity index (χ0) is 24.9. The molecule has 5 rings (SSSR count). The number of aromatic nitrogens is 3. The summed E-state index contributed by atoms with van der Waals surface area (Å²) in [6.45, 7) is 0.508. The molecular weight excluding hydrogens is 450 g/mol. The van der Waals surface area contributed by atoms with Crippen LogP contribution in [0.5, 0.6) is 0 Å². The van der Waals surface area contributed by atoms with Crippen LogP contribution in [0.25, 0.3) is 22.3 Å². The number of pyridine rings is 1. The van der Waals surface area contributed by atoms with Gasteiger partial charge in [-0.15, -0.1) is 0 Å². The highest BCUT2D eigenvalue weighted by Gasteiger charge is 2.23. The van der Waals surface area contributed by atoms with E-state index in [1.54, 1.807) is 16.9 Å². The van der Waals surface area contributed by atoms with E-state index >= 15 is 0 Å². The largest absolute Gasteiger partial charge is 0.368 e. The number of benzene rings is 3. The third-order valence-electron chi connectivity index (χ3n) is 6.03. The minimum absolute atomic E-state index is 0.301. The molecule has 178 valence electrons. The lowest BCUT2D eigenvalue weighted by molar-refractivity contribution is -0.119. The fourth-order valence-electron chi connectivity index (χ4n) is 4.17. The summed E-state index contributed by atoms with van der Waals surface area (Å²) in [5, 5.41) is 7.97. The summed E-state index contributed by atoms with van der Waals surface area (Å²) in [5.41, 5.74) is 10.1. The standard InChI is InChI=1S/C29H25N5O2/c30-27(35)26(16-20-10-4-1-5-11-20)33-29(36)23-17-25(22-14-8-3-9-15-22)32-28-24(23)18-31-34(28)19-21-12-6-2-7-13-21/h1-15,17-18,26H,16,19H2,(H2,30,35)(H,33,36). The molecule has 2 aromatic heterocycles. The normalized spacial score (nSPS) is 11.8. The first-order chi connectivity index (χ1) is 17.6. The van der Waals surface area contributed by atoms with Crippen molar-refractivity contribution in [2.24, 2.45) is 5.73 Å². The lowest BCUT2D eigenvalue weighted by Gasteiger charge is -2.16. The van der Waals surface area contributed by atoms with Crippen LogP contribution in [0.1, 0.15) is 21.5 Å². The zero-order valence-electron chi connectivity index (χ0n) is 19.5. The van der Waals surface area contributed by atoms with Gasteiger partial charge in [0.25, 0.3) is 5.91 Å². The molecule has 0 bridgehead atoms. The van der Waals surface area contributed by atoms with Crippen molar-refractivity contribution in [1.82, 2.24) is 20.1 Å². The third-order valence-corrected chi connectivity index (χ3v) is 6.03. The summed E-state index contributed by atoms with van der Waals surface area (Å²) in [6.07, 6.45) is 1.94. The Hall–Kier alpha value is -4.78. The number of hydrogen-bond acceptors (Lipinski definition) is 4. The van der Waals surface area contributed by atoms with Crippen LogP contribution in [0.15, 0.2) is 103 Å². The van der Waals surface area contributed by atoms with Gasteiger partial charge in [0.2, 0.25) is 5.91 Å². The van der Waals surface area contributed by atoms with Crippen molar-refractivity contribution in [3.05, 3.63) is 120 Å². The Kier molecular flexibility index (Phi) is 6.53. The lowest BCUT2D eigenvalue weighted by atomic mass is 10.0. The second-order valence-electron chi connectivity index (χ2n) is 8.56. The number of amides is 2. The zero-order valence-corrected chi connectivity index (χ0v) is 19.5. The quantitative estimate of drug-likeness (QED) is 0.354. The summed E-state index contributed by atoms with van der Waals surface area (Å²) in [5.74, 6) is -1.00. The Morgan fingerprint density at radius 3 is 2.11 bits per heavy atom. The first-order valence-corrected chi connectivity index (χ1v) is 11.7. The summed E-state index contributed by atoms with van der Waals surface area (Å²) in [7, 11) is 0. The Morgan fingerprint density at radius 2 is 1.47 bits per heavy atom. The van der Waals surface area contributed by atoms with E-state index in [1.165, 1.54) is 0 Å². The van der Waals surface area contributed by atoms with E-state index in [2.05, 4.69) is 10.4 Å². The number of nitrogens with zero attached hydrogens (tertiary/aromatic N) is 3. The smallest absolute Gasteiger partial charge is 0.252 e. The van der Waals surface area contributed by atoms with E-state index in [9.17, 15) is 9.59 Å². The predicted molar refractivity (Wildman–Crippen MR) is 139 cm³/mol. The van der Waals surface area contributed by atoms with Crippen molar-refractivity contribution in [2.75, 3.05) is 0 Å². The molecule has 7 nitrogen and oxygen atoms in total. The summed E-state index contributed by atoms with van der Waals surface area (Å²) >= 11 is 0. The van der Waals surface area contributed by atoms with E-state index in [0.717, 1.165) is 16.7 Å². The monoisotopic (exact) mass is 475 g/mol. The van der Waals surface area contributed by atoms with E-state index < -0.39 is 17.9 Å². The molecule has 1 atom stereocenters. The van der Waals surface area contributed by atoms with E-state index in [4.69, 9.17) is 10.7 Å². The first-order valence-electron chi connectivity index (χ1n) is 11.7. The first kappa shape index (κ1) is 23.0. The van der Waals surface area contributed by atoms with Gasteiger partial charge in [0.15, 0.2) is 5.65 Å². The Balaban J connectivity index is 1.54. The number of hydrogen-bond donors (Lipinski definition) is 2. The molecule has 3 N–H and O–H groups in total. The molecule has 0 saturated heterocycles. The fraction of sp³-hybridized carbons (Fsp3) is 0.103. The lowest BCUT2D eigenvalue weighted by Crippen LogP contribution is -2.45. The summed E-state index contributed by atoms with van der Waals surface area (Å²) in [6, 6.07) is 29.9. The molecule has 5 aromatic rings. The molecule has 1 unspecified atom stereocenters. The third kappa shape index (κ3) is 5.00. The van der Waals surface area contributed by atoms with Crippen molar-refractivity contribution >= 4 is 22.8 Å². The van der Waals surface area contributed by atoms with Gasteiger partial charge in [-0.2, -0.15) is 5.10 Å². The van der Waals surface area contributed by atoms with Crippen LogP contribution in [0.3, 0.4) is 0 Å². The molecule has 3 aromatic carbocycles. The van der Waals surface area contributed by atoms with Gasteiger partial charge in [0, 0.05) is 12.0 Å². The molecule has 7 heteroatoms. The average molecular weight is 476 g/mol. The van der Waals surface area contributed by atoms with E-state index in [1.807, 2.05) is 91.0 Å². The molecule has 0 spiro atoms. The van der Waals surface area contributed by atoms with Gasteiger partial charge in [0.05, 0.1) is 29.4 Å². The predicted octanol–water partition coefficient (Wildman–Crippen LogP) is 3.97. The second-order valence-corrected chi connectivity index (χ2v) is 8.56. The van der Waals surface area contributed by atoms with Crippen molar-refractivity contribution in [3.63, 3.8) is 0 Å². The van der Waals surface area contributed by atoms with Gasteiger partial charge < -0.3 is 11.1 Å².